The SMILES string of the molecule is O=C1C(=O)N(Cc2ccncc2)C(c2ccccc2)/C1=C(\O)c1ccc(Cl)cc1. The number of amides is 1. The second kappa shape index (κ2) is 7.89. The zero-order valence-electron chi connectivity index (χ0n) is 15.3. The van der Waals surface area contributed by atoms with Crippen LogP contribution in [0.25, 0.3) is 5.76 Å². The van der Waals surface area contributed by atoms with Crippen molar-refractivity contribution in [3.8, 4) is 0 Å². The molecular weight excluding hydrogens is 388 g/mol. The molecule has 1 aromatic heterocycles. The summed E-state index contributed by atoms with van der Waals surface area (Å²) in [7, 11) is 0. The topological polar surface area (TPSA) is 70.5 Å². The molecule has 29 heavy (non-hydrogen) atoms. The van der Waals surface area contributed by atoms with Crippen LogP contribution in [-0.2, 0) is 16.1 Å². The van der Waals surface area contributed by atoms with E-state index in [2.05, 4.69) is 4.98 Å². The molecule has 1 aliphatic heterocycles. The van der Waals surface area contributed by atoms with Crippen molar-refractivity contribution in [1.82, 2.24) is 9.88 Å². The van der Waals surface area contributed by atoms with E-state index in [1.165, 1.54) is 4.90 Å². The number of rotatable bonds is 4. The molecule has 6 heteroatoms. The van der Waals surface area contributed by atoms with Crippen LogP contribution in [0.5, 0.6) is 0 Å². The lowest BCUT2D eigenvalue weighted by Gasteiger charge is -2.25. The highest BCUT2D eigenvalue weighted by atomic mass is 35.5. The third-order valence-electron chi connectivity index (χ3n) is 4.88. The molecule has 1 N–H and O–H groups in total. The third kappa shape index (κ3) is 3.65. The van der Waals surface area contributed by atoms with Crippen LogP contribution in [0.4, 0.5) is 0 Å². The van der Waals surface area contributed by atoms with E-state index in [1.54, 1.807) is 48.8 Å². The van der Waals surface area contributed by atoms with Crippen molar-refractivity contribution >= 4 is 29.1 Å². The lowest BCUT2D eigenvalue weighted by atomic mass is 9.95. The molecular formula is C23H17ClN2O3. The van der Waals surface area contributed by atoms with Crippen molar-refractivity contribution in [3.63, 3.8) is 0 Å². The summed E-state index contributed by atoms with van der Waals surface area (Å²) in [5.74, 6) is -1.57. The highest BCUT2D eigenvalue weighted by Gasteiger charge is 2.45. The Hall–Kier alpha value is -3.44. The largest absolute Gasteiger partial charge is 0.507 e. The van der Waals surface area contributed by atoms with Crippen molar-refractivity contribution in [2.45, 2.75) is 12.6 Å². The molecule has 0 saturated carbocycles. The molecule has 1 fully saturated rings. The summed E-state index contributed by atoms with van der Waals surface area (Å²) < 4.78 is 0. The number of aromatic nitrogens is 1. The molecule has 3 aromatic rings. The van der Waals surface area contributed by atoms with E-state index in [4.69, 9.17) is 11.6 Å². The van der Waals surface area contributed by atoms with Crippen LogP contribution in [0.2, 0.25) is 5.02 Å². The van der Waals surface area contributed by atoms with Gasteiger partial charge in [-0.3, -0.25) is 14.6 Å². The van der Waals surface area contributed by atoms with Gasteiger partial charge in [-0.25, -0.2) is 0 Å². The van der Waals surface area contributed by atoms with Crippen LogP contribution in [0.3, 0.4) is 0 Å². The van der Waals surface area contributed by atoms with Gasteiger partial charge in [0, 0.05) is 29.5 Å². The molecule has 2 aromatic carbocycles. The number of ketones is 1. The van der Waals surface area contributed by atoms with E-state index < -0.39 is 17.7 Å². The maximum absolute atomic E-state index is 12.9. The Morgan fingerprint density at radius 3 is 2.28 bits per heavy atom. The maximum Gasteiger partial charge on any atom is 0.295 e. The number of aliphatic hydroxyl groups is 1. The molecule has 1 amide bonds. The number of Topliss-reactive ketones (excluding diaryl/α,β-unsaturated/α-hetero) is 1. The zero-order valence-corrected chi connectivity index (χ0v) is 16.1. The highest BCUT2D eigenvalue weighted by Crippen LogP contribution is 2.40. The Morgan fingerprint density at radius 1 is 0.966 bits per heavy atom. The normalized spacial score (nSPS) is 18.2. The minimum Gasteiger partial charge on any atom is -0.507 e. The van der Waals surface area contributed by atoms with E-state index in [0.29, 0.717) is 10.6 Å². The molecule has 1 aliphatic rings. The minimum absolute atomic E-state index is 0.0672. The summed E-state index contributed by atoms with van der Waals surface area (Å²) in [6.45, 7) is 0.226. The number of pyridine rings is 1. The average Bonchev–Trinajstić information content (AvgIpc) is 3.00. The first-order valence-electron chi connectivity index (χ1n) is 9.04. The smallest absolute Gasteiger partial charge is 0.295 e. The van der Waals surface area contributed by atoms with E-state index in [-0.39, 0.29) is 17.9 Å². The van der Waals surface area contributed by atoms with E-state index >= 15 is 0 Å². The van der Waals surface area contributed by atoms with Crippen LogP contribution in [-0.4, -0.2) is 26.7 Å². The van der Waals surface area contributed by atoms with Gasteiger partial charge < -0.3 is 10.0 Å². The molecule has 4 rings (SSSR count). The quantitative estimate of drug-likeness (QED) is 0.398. The first-order valence-corrected chi connectivity index (χ1v) is 9.42. The second-order valence-electron chi connectivity index (χ2n) is 6.70. The summed E-state index contributed by atoms with van der Waals surface area (Å²) in [4.78, 5) is 31.3. The number of nitrogens with zero attached hydrogens (tertiary/aromatic N) is 2. The fourth-order valence-electron chi connectivity index (χ4n) is 3.47. The Morgan fingerprint density at radius 2 is 1.62 bits per heavy atom. The van der Waals surface area contributed by atoms with Crippen LogP contribution >= 0.6 is 11.6 Å². The summed E-state index contributed by atoms with van der Waals surface area (Å²) in [5, 5.41) is 11.5. The monoisotopic (exact) mass is 404 g/mol. The first kappa shape index (κ1) is 18.9. The van der Waals surface area contributed by atoms with Gasteiger partial charge in [-0.15, -0.1) is 0 Å². The van der Waals surface area contributed by atoms with Crippen LogP contribution in [0.15, 0.2) is 84.7 Å². The molecule has 2 heterocycles. The highest BCUT2D eigenvalue weighted by molar-refractivity contribution is 6.46. The van der Waals surface area contributed by atoms with Gasteiger partial charge in [0.25, 0.3) is 11.7 Å². The number of carbonyl (C=O) groups excluding carboxylic acids is 2. The Kier molecular flexibility index (Phi) is 5.14. The van der Waals surface area contributed by atoms with E-state index in [9.17, 15) is 14.7 Å². The van der Waals surface area contributed by atoms with Crippen molar-refractivity contribution in [2.24, 2.45) is 0 Å². The minimum atomic E-state index is -0.708. The van der Waals surface area contributed by atoms with Gasteiger partial charge in [-0.1, -0.05) is 41.9 Å². The van der Waals surface area contributed by atoms with Crippen molar-refractivity contribution in [1.29, 1.82) is 0 Å². The van der Waals surface area contributed by atoms with Gasteiger partial charge in [0.05, 0.1) is 11.6 Å². The number of halogens is 1. The van der Waals surface area contributed by atoms with Gasteiger partial charge >= 0.3 is 0 Å². The average molecular weight is 405 g/mol. The van der Waals surface area contributed by atoms with Gasteiger partial charge in [0.1, 0.15) is 5.76 Å². The lowest BCUT2D eigenvalue weighted by Crippen LogP contribution is -2.29. The molecule has 1 saturated heterocycles. The van der Waals surface area contributed by atoms with Crippen molar-refractivity contribution in [3.05, 3.63) is 106 Å². The number of benzene rings is 2. The number of hydrogen-bond donors (Lipinski definition) is 1. The van der Waals surface area contributed by atoms with E-state index in [1.807, 2.05) is 30.3 Å². The van der Waals surface area contributed by atoms with Crippen LogP contribution < -0.4 is 0 Å². The standard InChI is InChI=1S/C23H17ClN2O3/c24-18-8-6-17(7-9-18)21(27)19-20(16-4-2-1-3-5-16)26(23(29)22(19)28)14-15-10-12-25-13-11-15/h1-13,20,27H,14H2/b21-19+. The predicted octanol–water partition coefficient (Wildman–Crippen LogP) is 4.36. The fourth-order valence-corrected chi connectivity index (χ4v) is 3.60. The summed E-state index contributed by atoms with van der Waals surface area (Å²) in [5.41, 5.74) is 2.08. The van der Waals surface area contributed by atoms with Gasteiger partial charge in [0.2, 0.25) is 0 Å². The van der Waals surface area contributed by atoms with E-state index in [0.717, 1.165) is 11.1 Å². The Balaban J connectivity index is 1.85. The second-order valence-corrected chi connectivity index (χ2v) is 7.14. The first-order chi connectivity index (χ1) is 14.1. The molecule has 0 bridgehead atoms. The van der Waals surface area contributed by atoms with Crippen LogP contribution in [0, 0.1) is 0 Å². The third-order valence-corrected chi connectivity index (χ3v) is 5.13. The molecule has 1 atom stereocenters. The lowest BCUT2D eigenvalue weighted by molar-refractivity contribution is -0.140. The van der Waals surface area contributed by atoms with Crippen molar-refractivity contribution < 1.29 is 14.7 Å². The molecule has 144 valence electrons. The maximum atomic E-state index is 12.9. The number of likely N-dealkylation sites (tertiary alicyclic amines) is 1. The Labute approximate surface area is 172 Å². The van der Waals surface area contributed by atoms with Gasteiger partial charge in [0.15, 0.2) is 0 Å². The molecule has 5 nitrogen and oxygen atoms in total. The summed E-state index contributed by atoms with van der Waals surface area (Å²) in [6.07, 6.45) is 3.27. The number of aliphatic hydroxyl groups excluding tert-OH is 1. The molecule has 0 spiro atoms. The number of hydrogen-bond acceptors (Lipinski definition) is 4. The van der Waals surface area contributed by atoms with Crippen molar-refractivity contribution in [2.75, 3.05) is 0 Å². The zero-order chi connectivity index (χ0) is 20.4. The number of carbonyl (C=O) groups is 2. The predicted molar refractivity (Wildman–Crippen MR) is 110 cm³/mol. The van der Waals surface area contributed by atoms with Crippen LogP contribution in [0.1, 0.15) is 22.7 Å². The molecule has 0 aliphatic carbocycles. The van der Waals surface area contributed by atoms with Gasteiger partial charge in [-0.2, -0.15) is 0 Å². The fraction of sp³-hybridized carbons (Fsp3) is 0.0870. The Bertz CT molecular complexity index is 1080. The molecule has 0 radical (unpaired) electrons. The summed E-state index contributed by atoms with van der Waals surface area (Å²) in [6, 6.07) is 18.6. The molecule has 1 unspecified atom stereocenters. The summed E-state index contributed by atoms with van der Waals surface area (Å²) >= 11 is 5.93. The van der Waals surface area contributed by atoms with Gasteiger partial charge in [-0.05, 0) is 47.5 Å².